The number of nitrogens with zero attached hydrogens (tertiary/aromatic N) is 2. The van der Waals surface area contributed by atoms with Gasteiger partial charge in [0.05, 0.1) is 26.4 Å². The van der Waals surface area contributed by atoms with Crippen molar-refractivity contribution < 1.29 is 24.2 Å². The van der Waals surface area contributed by atoms with Crippen molar-refractivity contribution in [3.8, 4) is 5.75 Å². The number of aliphatic hydroxyl groups is 1. The molecule has 0 radical (unpaired) electrons. The first-order valence-corrected chi connectivity index (χ1v) is 7.32. The lowest BCUT2D eigenvalue weighted by atomic mass is 10.1. The molecule has 2 aromatic rings. The van der Waals surface area contributed by atoms with Crippen LogP contribution in [0.15, 0.2) is 30.5 Å². The van der Waals surface area contributed by atoms with Gasteiger partial charge in [-0.1, -0.05) is 12.1 Å². The van der Waals surface area contributed by atoms with E-state index in [0.717, 1.165) is 0 Å². The quantitative estimate of drug-likeness (QED) is 0.727. The maximum absolute atomic E-state index is 11.7. The molecule has 0 spiro atoms. The summed E-state index contributed by atoms with van der Waals surface area (Å²) >= 11 is 0. The average molecular weight is 333 g/mol. The Kier molecular flexibility index (Phi) is 5.54. The van der Waals surface area contributed by atoms with E-state index in [1.165, 1.54) is 10.8 Å². The third kappa shape index (κ3) is 3.90. The number of benzene rings is 1. The van der Waals surface area contributed by atoms with E-state index in [0.29, 0.717) is 11.3 Å². The predicted molar refractivity (Wildman–Crippen MR) is 84.7 cm³/mol. The largest absolute Gasteiger partial charge is 0.497 e. The third-order valence-electron chi connectivity index (χ3n) is 3.35. The summed E-state index contributed by atoms with van der Waals surface area (Å²) in [4.78, 5) is 27.1. The Morgan fingerprint density at radius 1 is 1.33 bits per heavy atom. The number of aromatic nitrogens is 2. The summed E-state index contributed by atoms with van der Waals surface area (Å²) in [6.07, 6.45) is 0.420. The monoisotopic (exact) mass is 333 g/mol. The second-order valence-corrected chi connectivity index (χ2v) is 4.98. The van der Waals surface area contributed by atoms with E-state index in [1.807, 2.05) is 0 Å². The van der Waals surface area contributed by atoms with E-state index < -0.39 is 18.0 Å². The van der Waals surface area contributed by atoms with E-state index in [4.69, 9.17) is 15.2 Å². The molecule has 8 nitrogen and oxygen atoms in total. The molecule has 0 bridgehead atoms. The van der Waals surface area contributed by atoms with Gasteiger partial charge in [0.15, 0.2) is 11.5 Å². The normalized spacial score (nSPS) is 11.8. The number of imidazole rings is 1. The number of hydrogen-bond acceptors (Lipinski definition) is 6. The van der Waals surface area contributed by atoms with Crippen LogP contribution in [0, 0.1) is 0 Å². The zero-order valence-electron chi connectivity index (χ0n) is 13.4. The number of carbonyl (C=O) groups is 2. The molecule has 0 aliphatic carbocycles. The van der Waals surface area contributed by atoms with Crippen LogP contribution in [0.2, 0.25) is 0 Å². The smallest absolute Gasteiger partial charge is 0.358 e. The Hall–Kier alpha value is -2.87. The molecule has 3 N–H and O–H groups in total. The highest BCUT2D eigenvalue weighted by molar-refractivity contribution is 5.93. The zero-order chi connectivity index (χ0) is 17.7. The van der Waals surface area contributed by atoms with Crippen LogP contribution in [-0.2, 0) is 11.3 Å². The highest BCUT2D eigenvalue weighted by atomic mass is 16.5. The van der Waals surface area contributed by atoms with Crippen LogP contribution in [0.1, 0.15) is 39.7 Å². The fourth-order valence-electron chi connectivity index (χ4n) is 2.17. The molecule has 0 saturated heterocycles. The van der Waals surface area contributed by atoms with Gasteiger partial charge in [-0.2, -0.15) is 0 Å². The molecule has 0 aliphatic rings. The number of ether oxygens (including phenoxy) is 2. The van der Waals surface area contributed by atoms with Crippen molar-refractivity contribution in [1.29, 1.82) is 0 Å². The van der Waals surface area contributed by atoms with Gasteiger partial charge < -0.3 is 24.9 Å². The molecule has 2 rings (SSSR count). The van der Waals surface area contributed by atoms with Crippen LogP contribution in [0.4, 0.5) is 0 Å². The number of aliphatic hydroxyl groups excluding tert-OH is 1. The minimum absolute atomic E-state index is 0.0109. The first kappa shape index (κ1) is 17.5. The molecule has 1 heterocycles. The summed E-state index contributed by atoms with van der Waals surface area (Å²) < 4.78 is 11.2. The Balaban J connectivity index is 2.23. The van der Waals surface area contributed by atoms with Gasteiger partial charge in [-0.05, 0) is 24.6 Å². The summed E-state index contributed by atoms with van der Waals surface area (Å²) in [5.74, 6) is -0.910. The number of primary amides is 1. The molecule has 0 fully saturated rings. The summed E-state index contributed by atoms with van der Waals surface area (Å²) in [6, 6.07) is 6.84. The van der Waals surface area contributed by atoms with E-state index in [2.05, 4.69) is 4.98 Å². The number of methoxy groups -OCH3 is 1. The van der Waals surface area contributed by atoms with Crippen molar-refractivity contribution in [3.05, 3.63) is 47.5 Å². The van der Waals surface area contributed by atoms with E-state index in [-0.39, 0.29) is 24.7 Å². The van der Waals surface area contributed by atoms with Crippen LogP contribution in [0.5, 0.6) is 5.75 Å². The summed E-state index contributed by atoms with van der Waals surface area (Å²) in [5.41, 5.74) is 5.87. The van der Waals surface area contributed by atoms with Gasteiger partial charge in [0, 0.05) is 6.20 Å². The Bertz CT molecular complexity index is 724. The third-order valence-corrected chi connectivity index (χ3v) is 3.35. The lowest BCUT2D eigenvalue weighted by Crippen LogP contribution is -2.20. The average Bonchev–Trinajstić information content (AvgIpc) is 2.99. The van der Waals surface area contributed by atoms with E-state index >= 15 is 0 Å². The van der Waals surface area contributed by atoms with Gasteiger partial charge in [-0.25, -0.2) is 9.78 Å². The van der Waals surface area contributed by atoms with Crippen LogP contribution >= 0.6 is 0 Å². The molecule has 1 aromatic heterocycles. The van der Waals surface area contributed by atoms with Gasteiger partial charge in [-0.3, -0.25) is 4.79 Å². The van der Waals surface area contributed by atoms with Crippen LogP contribution < -0.4 is 10.5 Å². The van der Waals surface area contributed by atoms with Crippen molar-refractivity contribution in [2.45, 2.75) is 19.6 Å². The molecule has 1 atom stereocenters. The fraction of sp³-hybridized carbons (Fsp3) is 0.312. The zero-order valence-corrected chi connectivity index (χ0v) is 13.4. The fourth-order valence-corrected chi connectivity index (χ4v) is 2.17. The number of carbonyl (C=O) groups excluding carboxylic acids is 2. The number of nitrogens with two attached hydrogens (primary N) is 1. The molecular weight excluding hydrogens is 314 g/mol. The first-order valence-electron chi connectivity index (χ1n) is 7.32. The second-order valence-electron chi connectivity index (χ2n) is 4.98. The molecule has 24 heavy (non-hydrogen) atoms. The Morgan fingerprint density at radius 2 is 2.00 bits per heavy atom. The van der Waals surface area contributed by atoms with Gasteiger partial charge in [0.2, 0.25) is 0 Å². The van der Waals surface area contributed by atoms with Gasteiger partial charge in [0.25, 0.3) is 5.91 Å². The minimum Gasteiger partial charge on any atom is -0.497 e. The van der Waals surface area contributed by atoms with Gasteiger partial charge >= 0.3 is 5.97 Å². The van der Waals surface area contributed by atoms with Crippen molar-refractivity contribution in [1.82, 2.24) is 9.55 Å². The maximum atomic E-state index is 11.7. The highest BCUT2D eigenvalue weighted by Crippen LogP contribution is 2.20. The predicted octanol–water partition coefficient (Wildman–Crippen LogP) is 0.901. The Morgan fingerprint density at radius 3 is 2.54 bits per heavy atom. The van der Waals surface area contributed by atoms with E-state index in [9.17, 15) is 14.7 Å². The Labute approximate surface area is 138 Å². The molecule has 0 aliphatic heterocycles. The number of amides is 1. The highest BCUT2D eigenvalue weighted by Gasteiger charge is 2.20. The van der Waals surface area contributed by atoms with Crippen molar-refractivity contribution in [2.75, 3.05) is 13.7 Å². The molecule has 1 amide bonds. The molecule has 1 unspecified atom stereocenters. The van der Waals surface area contributed by atoms with Crippen molar-refractivity contribution in [2.24, 2.45) is 5.73 Å². The van der Waals surface area contributed by atoms with Crippen LogP contribution in [-0.4, -0.2) is 40.3 Å². The lowest BCUT2D eigenvalue weighted by Gasteiger charge is -2.13. The first-order chi connectivity index (χ1) is 11.5. The number of esters is 1. The number of hydrogen-bond donors (Lipinski definition) is 2. The van der Waals surface area contributed by atoms with Crippen LogP contribution in [0.25, 0.3) is 0 Å². The summed E-state index contributed by atoms with van der Waals surface area (Å²) in [5, 5.41) is 10.3. The van der Waals surface area contributed by atoms with Gasteiger partial charge in [0.1, 0.15) is 5.75 Å². The molecule has 1 aromatic carbocycles. The van der Waals surface area contributed by atoms with Crippen LogP contribution in [0.3, 0.4) is 0 Å². The topological polar surface area (TPSA) is 117 Å². The molecular formula is C16H19N3O5. The number of rotatable bonds is 7. The standard InChI is InChI=1S/C16H19N3O5/c1-3-24-16(22)12-8-19(15(18-12)14(17)21)9-13(20)10-4-6-11(23-2)7-5-10/h4-8,13,20H,3,9H2,1-2H3,(H2,17,21). The SMILES string of the molecule is CCOC(=O)c1cn(CC(O)c2ccc(OC)cc2)c(C(N)=O)n1. The molecule has 128 valence electrons. The van der Waals surface area contributed by atoms with Crippen molar-refractivity contribution in [3.63, 3.8) is 0 Å². The van der Waals surface area contributed by atoms with Gasteiger partial charge in [-0.15, -0.1) is 0 Å². The summed E-state index contributed by atoms with van der Waals surface area (Å²) in [7, 11) is 1.55. The minimum atomic E-state index is -0.918. The molecule has 8 heteroatoms. The maximum Gasteiger partial charge on any atom is 0.358 e. The molecule has 0 saturated carbocycles. The van der Waals surface area contributed by atoms with E-state index in [1.54, 1.807) is 38.3 Å². The second kappa shape index (κ2) is 7.60. The lowest BCUT2D eigenvalue weighted by molar-refractivity contribution is 0.0519. The summed E-state index contributed by atoms with van der Waals surface area (Å²) in [6.45, 7) is 1.86. The van der Waals surface area contributed by atoms with Crippen molar-refractivity contribution >= 4 is 11.9 Å².